The van der Waals surface area contributed by atoms with Crippen molar-refractivity contribution in [2.24, 2.45) is 0 Å². The zero-order valence-corrected chi connectivity index (χ0v) is 12.9. The van der Waals surface area contributed by atoms with E-state index in [2.05, 4.69) is 60.4 Å². The van der Waals surface area contributed by atoms with E-state index in [4.69, 9.17) is 0 Å². The first-order valence-electron chi connectivity index (χ1n) is 7.25. The Morgan fingerprint density at radius 3 is 2.42 bits per heavy atom. The van der Waals surface area contributed by atoms with Crippen molar-refractivity contribution < 1.29 is 0 Å². The molecule has 1 N–H and O–H groups in total. The SMILES string of the molecule is CCCN(CCN(C)C)Cc1cccc(CNC)c1. The van der Waals surface area contributed by atoms with Gasteiger partial charge in [0.1, 0.15) is 0 Å². The summed E-state index contributed by atoms with van der Waals surface area (Å²) in [4.78, 5) is 4.79. The molecule has 1 rings (SSSR count). The topological polar surface area (TPSA) is 18.5 Å². The lowest BCUT2D eigenvalue weighted by molar-refractivity contribution is 0.234. The van der Waals surface area contributed by atoms with Crippen LogP contribution in [0.4, 0.5) is 0 Å². The van der Waals surface area contributed by atoms with Crippen LogP contribution < -0.4 is 5.32 Å². The number of nitrogens with zero attached hydrogens (tertiary/aromatic N) is 2. The minimum absolute atomic E-state index is 0.944. The van der Waals surface area contributed by atoms with Gasteiger partial charge in [-0.05, 0) is 45.2 Å². The standard InChI is InChI=1S/C16H29N3/c1-5-9-19(11-10-18(3)4)14-16-8-6-7-15(12-16)13-17-2/h6-8,12,17H,5,9-11,13-14H2,1-4H3. The highest BCUT2D eigenvalue weighted by Gasteiger charge is 2.06. The lowest BCUT2D eigenvalue weighted by atomic mass is 10.1. The van der Waals surface area contributed by atoms with Crippen LogP contribution in [0.1, 0.15) is 24.5 Å². The zero-order valence-electron chi connectivity index (χ0n) is 12.9. The van der Waals surface area contributed by atoms with Gasteiger partial charge in [-0.3, -0.25) is 4.90 Å². The van der Waals surface area contributed by atoms with Crippen molar-refractivity contribution in [3.63, 3.8) is 0 Å². The Morgan fingerprint density at radius 2 is 1.79 bits per heavy atom. The first-order valence-corrected chi connectivity index (χ1v) is 7.25. The lowest BCUT2D eigenvalue weighted by Gasteiger charge is -2.23. The maximum absolute atomic E-state index is 3.21. The van der Waals surface area contributed by atoms with Crippen LogP contribution in [0.2, 0.25) is 0 Å². The van der Waals surface area contributed by atoms with Gasteiger partial charge in [0.25, 0.3) is 0 Å². The van der Waals surface area contributed by atoms with Gasteiger partial charge in [0.15, 0.2) is 0 Å². The van der Waals surface area contributed by atoms with E-state index in [-0.39, 0.29) is 0 Å². The average molecular weight is 263 g/mol. The summed E-state index contributed by atoms with van der Waals surface area (Å²) in [5.74, 6) is 0. The zero-order chi connectivity index (χ0) is 14.1. The quantitative estimate of drug-likeness (QED) is 0.737. The fourth-order valence-corrected chi connectivity index (χ4v) is 2.23. The fraction of sp³-hybridized carbons (Fsp3) is 0.625. The summed E-state index contributed by atoms with van der Waals surface area (Å²) >= 11 is 0. The molecular formula is C16H29N3. The van der Waals surface area contributed by atoms with E-state index in [0.717, 1.165) is 26.2 Å². The molecule has 0 aliphatic rings. The van der Waals surface area contributed by atoms with E-state index in [0.29, 0.717) is 0 Å². The molecule has 3 heteroatoms. The molecule has 108 valence electrons. The fourth-order valence-electron chi connectivity index (χ4n) is 2.23. The number of likely N-dealkylation sites (N-methyl/N-ethyl adjacent to an activating group) is 1. The Kier molecular flexibility index (Phi) is 7.72. The van der Waals surface area contributed by atoms with Crippen LogP contribution in [0, 0.1) is 0 Å². The van der Waals surface area contributed by atoms with Gasteiger partial charge in [-0.1, -0.05) is 31.2 Å². The van der Waals surface area contributed by atoms with Crippen molar-refractivity contribution in [3.05, 3.63) is 35.4 Å². The summed E-state index contributed by atoms with van der Waals surface area (Å²) in [5.41, 5.74) is 2.78. The Labute approximate surface area is 118 Å². The maximum Gasteiger partial charge on any atom is 0.0234 e. The van der Waals surface area contributed by atoms with Gasteiger partial charge in [0, 0.05) is 26.2 Å². The van der Waals surface area contributed by atoms with Crippen LogP contribution >= 0.6 is 0 Å². The minimum Gasteiger partial charge on any atom is -0.316 e. The Balaban J connectivity index is 2.59. The van der Waals surface area contributed by atoms with Gasteiger partial charge in [0.05, 0.1) is 0 Å². The van der Waals surface area contributed by atoms with Gasteiger partial charge >= 0.3 is 0 Å². The maximum atomic E-state index is 3.21. The molecule has 0 bridgehead atoms. The monoisotopic (exact) mass is 263 g/mol. The van der Waals surface area contributed by atoms with Gasteiger partial charge in [-0.2, -0.15) is 0 Å². The van der Waals surface area contributed by atoms with Crippen molar-refractivity contribution in [2.45, 2.75) is 26.4 Å². The van der Waals surface area contributed by atoms with Gasteiger partial charge < -0.3 is 10.2 Å². The third-order valence-corrected chi connectivity index (χ3v) is 3.18. The molecule has 0 aliphatic carbocycles. The van der Waals surface area contributed by atoms with Crippen LogP contribution in [0.3, 0.4) is 0 Å². The predicted molar refractivity (Wildman–Crippen MR) is 83.3 cm³/mol. The summed E-state index contributed by atoms with van der Waals surface area (Å²) in [6.07, 6.45) is 1.21. The molecule has 3 nitrogen and oxygen atoms in total. The summed E-state index contributed by atoms with van der Waals surface area (Å²) in [6.45, 7) is 7.68. The van der Waals surface area contributed by atoms with Crippen LogP contribution in [-0.2, 0) is 13.1 Å². The molecule has 1 aromatic rings. The van der Waals surface area contributed by atoms with E-state index >= 15 is 0 Å². The van der Waals surface area contributed by atoms with Crippen molar-refractivity contribution in [1.82, 2.24) is 15.1 Å². The molecule has 0 fully saturated rings. The van der Waals surface area contributed by atoms with Crippen LogP contribution in [-0.4, -0.2) is 50.6 Å². The van der Waals surface area contributed by atoms with E-state index in [1.54, 1.807) is 0 Å². The van der Waals surface area contributed by atoms with Crippen LogP contribution in [0.15, 0.2) is 24.3 Å². The largest absolute Gasteiger partial charge is 0.316 e. The third-order valence-electron chi connectivity index (χ3n) is 3.18. The highest BCUT2D eigenvalue weighted by molar-refractivity contribution is 5.23. The molecule has 0 amide bonds. The smallest absolute Gasteiger partial charge is 0.0234 e. The minimum atomic E-state index is 0.944. The lowest BCUT2D eigenvalue weighted by Crippen LogP contribution is -2.32. The van der Waals surface area contributed by atoms with E-state index < -0.39 is 0 Å². The second-order valence-electron chi connectivity index (χ2n) is 5.43. The Morgan fingerprint density at radius 1 is 1.05 bits per heavy atom. The van der Waals surface area contributed by atoms with Gasteiger partial charge in [-0.15, -0.1) is 0 Å². The highest BCUT2D eigenvalue weighted by atomic mass is 15.2. The summed E-state index contributed by atoms with van der Waals surface area (Å²) in [6, 6.07) is 8.90. The summed E-state index contributed by atoms with van der Waals surface area (Å²) < 4.78 is 0. The summed E-state index contributed by atoms with van der Waals surface area (Å²) in [7, 11) is 6.27. The third kappa shape index (κ3) is 6.71. The van der Waals surface area contributed by atoms with Crippen LogP contribution in [0.25, 0.3) is 0 Å². The van der Waals surface area contributed by atoms with E-state index in [9.17, 15) is 0 Å². The molecule has 0 unspecified atom stereocenters. The Hall–Kier alpha value is -0.900. The number of hydrogen-bond donors (Lipinski definition) is 1. The van der Waals surface area contributed by atoms with Crippen molar-refractivity contribution in [3.8, 4) is 0 Å². The molecule has 0 aromatic heterocycles. The van der Waals surface area contributed by atoms with Gasteiger partial charge in [0.2, 0.25) is 0 Å². The normalized spacial score (nSPS) is 11.5. The van der Waals surface area contributed by atoms with E-state index in [1.165, 1.54) is 24.1 Å². The van der Waals surface area contributed by atoms with Crippen molar-refractivity contribution in [2.75, 3.05) is 40.8 Å². The van der Waals surface area contributed by atoms with Gasteiger partial charge in [-0.25, -0.2) is 0 Å². The number of benzene rings is 1. The molecule has 19 heavy (non-hydrogen) atoms. The highest BCUT2D eigenvalue weighted by Crippen LogP contribution is 2.09. The molecule has 0 heterocycles. The van der Waals surface area contributed by atoms with E-state index in [1.807, 2.05) is 7.05 Å². The molecule has 1 aromatic carbocycles. The summed E-state index contributed by atoms with van der Waals surface area (Å²) in [5, 5.41) is 3.21. The Bertz CT molecular complexity index is 350. The molecule has 0 radical (unpaired) electrons. The van der Waals surface area contributed by atoms with Crippen LogP contribution in [0.5, 0.6) is 0 Å². The second-order valence-corrected chi connectivity index (χ2v) is 5.43. The molecule has 0 saturated heterocycles. The molecule has 0 aliphatic heterocycles. The van der Waals surface area contributed by atoms with Crippen molar-refractivity contribution >= 4 is 0 Å². The first-order chi connectivity index (χ1) is 9.15. The van der Waals surface area contributed by atoms with Crippen molar-refractivity contribution in [1.29, 1.82) is 0 Å². The molecule has 0 spiro atoms. The average Bonchev–Trinajstić information content (AvgIpc) is 2.37. The number of rotatable bonds is 9. The molecule has 0 saturated carbocycles. The molecule has 0 atom stereocenters. The molecular weight excluding hydrogens is 234 g/mol. The number of hydrogen-bond acceptors (Lipinski definition) is 3. The predicted octanol–water partition coefficient (Wildman–Crippen LogP) is 2.18. The first kappa shape index (κ1) is 16.2. The number of nitrogens with one attached hydrogen (secondary N) is 1. The second kappa shape index (κ2) is 9.08.